The van der Waals surface area contributed by atoms with Crippen LogP contribution < -0.4 is 0 Å². The van der Waals surface area contributed by atoms with Gasteiger partial charge in [0, 0.05) is 0 Å². The summed E-state index contributed by atoms with van der Waals surface area (Å²) in [6.45, 7) is 2.95. The van der Waals surface area contributed by atoms with Crippen molar-refractivity contribution >= 4 is 12.3 Å². The smallest absolute Gasteiger partial charge is 0.430 e. The number of carbonyl (C=O) groups is 1. The zero-order valence-corrected chi connectivity index (χ0v) is 8.51. The van der Waals surface area contributed by atoms with Gasteiger partial charge >= 0.3 is 6.09 Å². The molecule has 15 heavy (non-hydrogen) atoms. The number of nitrogens with zero attached hydrogens (tertiary/aromatic N) is 2. The van der Waals surface area contributed by atoms with E-state index < -0.39 is 0 Å². The summed E-state index contributed by atoms with van der Waals surface area (Å²) in [4.78, 5) is 11.1. The molecular weight excluding hydrogens is 192 g/mol. The lowest BCUT2D eigenvalue weighted by Crippen LogP contribution is -2.17. The molecule has 0 unspecified atom stereocenters. The second-order valence-electron chi connectivity index (χ2n) is 3.34. The van der Waals surface area contributed by atoms with Crippen LogP contribution in [0.15, 0.2) is 29.4 Å². The predicted molar refractivity (Wildman–Crippen MR) is 56.8 cm³/mol. The lowest BCUT2D eigenvalue weighted by Gasteiger charge is -2.04. The molecule has 78 valence electrons. The second kappa shape index (κ2) is 4.13. The lowest BCUT2D eigenvalue weighted by molar-refractivity contribution is 0.159. The Morgan fingerprint density at radius 1 is 1.47 bits per heavy atom. The van der Waals surface area contributed by atoms with Crippen molar-refractivity contribution in [2.75, 3.05) is 13.2 Å². The van der Waals surface area contributed by atoms with E-state index in [-0.39, 0.29) is 6.09 Å². The molecule has 1 aliphatic heterocycles. The maximum absolute atomic E-state index is 11.1. The van der Waals surface area contributed by atoms with Gasteiger partial charge in [0.25, 0.3) is 0 Å². The van der Waals surface area contributed by atoms with Gasteiger partial charge in [0.15, 0.2) is 0 Å². The third-order valence-corrected chi connectivity index (χ3v) is 2.26. The van der Waals surface area contributed by atoms with Gasteiger partial charge in [0.2, 0.25) is 0 Å². The van der Waals surface area contributed by atoms with Crippen molar-refractivity contribution in [1.29, 1.82) is 0 Å². The maximum Gasteiger partial charge on any atom is 0.430 e. The van der Waals surface area contributed by atoms with Gasteiger partial charge < -0.3 is 4.74 Å². The molecule has 0 atom stereocenters. The Balaban J connectivity index is 2.11. The molecule has 0 radical (unpaired) electrons. The third-order valence-electron chi connectivity index (χ3n) is 2.26. The molecule has 0 saturated carbocycles. The van der Waals surface area contributed by atoms with Crippen LogP contribution in [0.3, 0.4) is 0 Å². The van der Waals surface area contributed by atoms with Crippen LogP contribution in [0, 0.1) is 6.92 Å². The Labute approximate surface area is 88.2 Å². The van der Waals surface area contributed by atoms with Crippen LogP contribution in [0.4, 0.5) is 4.79 Å². The van der Waals surface area contributed by atoms with Crippen molar-refractivity contribution in [3.63, 3.8) is 0 Å². The number of benzene rings is 1. The summed E-state index contributed by atoms with van der Waals surface area (Å²) in [6, 6.07) is 7.87. The van der Waals surface area contributed by atoms with Crippen LogP contribution in [0.25, 0.3) is 0 Å². The average Bonchev–Trinajstić information content (AvgIpc) is 2.63. The fourth-order valence-corrected chi connectivity index (χ4v) is 1.35. The summed E-state index contributed by atoms with van der Waals surface area (Å²) in [6.07, 6.45) is 1.31. The van der Waals surface area contributed by atoms with Crippen molar-refractivity contribution in [3.05, 3.63) is 35.4 Å². The first-order valence-corrected chi connectivity index (χ1v) is 4.81. The van der Waals surface area contributed by atoms with Gasteiger partial charge in [-0.2, -0.15) is 10.1 Å². The topological polar surface area (TPSA) is 41.9 Å². The van der Waals surface area contributed by atoms with Gasteiger partial charge in [-0.15, -0.1) is 0 Å². The number of cyclic esters (lactones) is 1. The number of hydrogen-bond donors (Lipinski definition) is 0. The van der Waals surface area contributed by atoms with Gasteiger partial charge in [0.05, 0.1) is 12.8 Å². The monoisotopic (exact) mass is 204 g/mol. The van der Waals surface area contributed by atoms with Gasteiger partial charge in [-0.3, -0.25) is 0 Å². The largest absolute Gasteiger partial charge is 0.446 e. The molecule has 0 N–H and O–H groups in total. The molecule has 4 heteroatoms. The molecule has 0 spiro atoms. The van der Waals surface area contributed by atoms with E-state index >= 15 is 0 Å². The minimum atomic E-state index is -0.375. The van der Waals surface area contributed by atoms with Crippen molar-refractivity contribution in [2.45, 2.75) is 6.92 Å². The Hall–Kier alpha value is -1.84. The highest BCUT2D eigenvalue weighted by Gasteiger charge is 2.20. The van der Waals surface area contributed by atoms with Crippen LogP contribution >= 0.6 is 0 Å². The summed E-state index contributed by atoms with van der Waals surface area (Å²) in [7, 11) is 0. The number of ether oxygens (including phenoxy) is 1. The average molecular weight is 204 g/mol. The maximum atomic E-state index is 11.1. The number of amides is 1. The number of rotatable bonds is 2. The molecule has 2 rings (SSSR count). The zero-order valence-electron chi connectivity index (χ0n) is 8.51. The van der Waals surface area contributed by atoms with Gasteiger partial charge in [-0.05, 0) is 18.1 Å². The summed E-state index contributed by atoms with van der Waals surface area (Å²) in [5.74, 6) is 0. The Morgan fingerprint density at radius 3 is 2.93 bits per heavy atom. The van der Waals surface area contributed by atoms with Crippen LogP contribution in [0.1, 0.15) is 11.1 Å². The van der Waals surface area contributed by atoms with E-state index in [1.54, 1.807) is 6.21 Å². The molecule has 1 aliphatic rings. The van der Waals surface area contributed by atoms with Crippen molar-refractivity contribution in [3.8, 4) is 0 Å². The molecule has 0 aromatic heterocycles. The normalized spacial score (nSPS) is 16.1. The van der Waals surface area contributed by atoms with Crippen LogP contribution in [0.5, 0.6) is 0 Å². The van der Waals surface area contributed by atoms with Gasteiger partial charge in [-0.25, -0.2) is 4.79 Å². The first-order chi connectivity index (χ1) is 7.27. The van der Waals surface area contributed by atoms with E-state index in [4.69, 9.17) is 4.74 Å². The highest BCUT2D eigenvalue weighted by molar-refractivity contribution is 5.82. The number of carbonyl (C=O) groups excluding carboxylic acids is 1. The molecule has 1 aromatic rings. The van der Waals surface area contributed by atoms with Crippen molar-refractivity contribution < 1.29 is 9.53 Å². The highest BCUT2D eigenvalue weighted by atomic mass is 16.6. The number of aryl methyl sites for hydroxylation is 1. The molecule has 1 heterocycles. The Morgan fingerprint density at radius 2 is 2.27 bits per heavy atom. The number of hydrazone groups is 1. The fourth-order valence-electron chi connectivity index (χ4n) is 1.35. The Bertz CT molecular complexity index is 401. The standard InChI is InChI=1S/C11H12N2O2/c1-9-4-2-3-5-10(9)8-12-13-6-7-15-11(13)14/h2-5,8H,6-7H2,1H3/b12-8+. The Kier molecular flexibility index (Phi) is 2.67. The van der Waals surface area contributed by atoms with E-state index in [0.717, 1.165) is 11.1 Å². The van der Waals surface area contributed by atoms with E-state index in [9.17, 15) is 4.79 Å². The molecular formula is C11H12N2O2. The first-order valence-electron chi connectivity index (χ1n) is 4.81. The molecule has 1 fully saturated rings. The summed E-state index contributed by atoms with van der Waals surface area (Å²) in [5, 5.41) is 5.39. The van der Waals surface area contributed by atoms with Crippen LogP contribution in [-0.4, -0.2) is 30.5 Å². The fraction of sp³-hybridized carbons (Fsp3) is 0.273. The van der Waals surface area contributed by atoms with Crippen molar-refractivity contribution in [2.24, 2.45) is 5.10 Å². The molecule has 1 amide bonds. The first kappa shape index (κ1) is 9.71. The van der Waals surface area contributed by atoms with Gasteiger partial charge in [-0.1, -0.05) is 24.3 Å². The number of hydrogen-bond acceptors (Lipinski definition) is 3. The van der Waals surface area contributed by atoms with Crippen molar-refractivity contribution in [1.82, 2.24) is 5.01 Å². The molecule has 1 aromatic carbocycles. The highest BCUT2D eigenvalue weighted by Crippen LogP contribution is 2.06. The summed E-state index contributed by atoms with van der Waals surface area (Å²) >= 11 is 0. The molecule has 0 aliphatic carbocycles. The van der Waals surface area contributed by atoms with E-state index in [1.165, 1.54) is 5.01 Å². The van der Waals surface area contributed by atoms with Crippen LogP contribution in [-0.2, 0) is 4.74 Å². The predicted octanol–water partition coefficient (Wildman–Crippen LogP) is 1.78. The summed E-state index contributed by atoms with van der Waals surface area (Å²) < 4.78 is 4.76. The quantitative estimate of drug-likeness (QED) is 0.689. The zero-order chi connectivity index (χ0) is 10.7. The van der Waals surface area contributed by atoms with E-state index in [0.29, 0.717) is 13.2 Å². The SMILES string of the molecule is Cc1ccccc1/C=N/N1CCOC1=O. The second-order valence-corrected chi connectivity index (χ2v) is 3.34. The minimum absolute atomic E-state index is 0.375. The molecule has 4 nitrogen and oxygen atoms in total. The molecule has 0 bridgehead atoms. The lowest BCUT2D eigenvalue weighted by atomic mass is 10.1. The minimum Gasteiger partial charge on any atom is -0.446 e. The van der Waals surface area contributed by atoms with Gasteiger partial charge in [0.1, 0.15) is 6.61 Å². The van der Waals surface area contributed by atoms with E-state index in [1.807, 2.05) is 31.2 Å². The molecule has 1 saturated heterocycles. The third kappa shape index (κ3) is 2.15. The van der Waals surface area contributed by atoms with E-state index in [2.05, 4.69) is 5.10 Å². The summed E-state index contributed by atoms with van der Waals surface area (Å²) in [5.41, 5.74) is 2.14. The van der Waals surface area contributed by atoms with Crippen LogP contribution in [0.2, 0.25) is 0 Å².